The number of pyridine rings is 1. The smallest absolute Gasteiger partial charge is 0.146 e. The minimum Gasteiger partial charge on any atom is -0.271 e. The number of hydrogen-bond acceptors (Lipinski definition) is 5. The zero-order chi connectivity index (χ0) is 11.4. The van der Waals surface area contributed by atoms with Crippen LogP contribution in [-0.4, -0.2) is 15.0 Å². The average molecular weight is 219 g/mol. The first-order valence-corrected chi connectivity index (χ1v) is 4.64. The Kier molecular flexibility index (Phi) is 3.13. The Morgan fingerprint density at radius 2 is 2.00 bits per heavy atom. The van der Waals surface area contributed by atoms with E-state index in [4.69, 9.17) is 5.84 Å². The molecule has 16 heavy (non-hydrogen) atoms. The molecule has 2 rings (SSSR count). The molecule has 0 aliphatic carbocycles. The van der Waals surface area contributed by atoms with Gasteiger partial charge in [0.15, 0.2) is 0 Å². The Bertz CT molecular complexity index is 462. The predicted octanol–water partition coefficient (Wildman–Crippen LogP) is 0.563. The SMILES string of the molecule is NNC(c1cnccn1)c1ccncc1F. The van der Waals surface area contributed by atoms with E-state index in [2.05, 4.69) is 20.4 Å². The van der Waals surface area contributed by atoms with Gasteiger partial charge in [0.2, 0.25) is 0 Å². The van der Waals surface area contributed by atoms with Gasteiger partial charge in [-0.25, -0.2) is 9.82 Å². The van der Waals surface area contributed by atoms with Crippen molar-refractivity contribution in [3.05, 3.63) is 54.1 Å². The Morgan fingerprint density at radius 1 is 1.19 bits per heavy atom. The number of hydrogen-bond donors (Lipinski definition) is 2. The molecule has 0 aromatic carbocycles. The lowest BCUT2D eigenvalue weighted by molar-refractivity contribution is 0.548. The zero-order valence-corrected chi connectivity index (χ0v) is 8.34. The average Bonchev–Trinajstić information content (AvgIpc) is 2.34. The van der Waals surface area contributed by atoms with Crippen molar-refractivity contribution < 1.29 is 4.39 Å². The highest BCUT2D eigenvalue weighted by atomic mass is 19.1. The van der Waals surface area contributed by atoms with E-state index in [9.17, 15) is 4.39 Å². The van der Waals surface area contributed by atoms with Crippen LogP contribution >= 0.6 is 0 Å². The maximum atomic E-state index is 13.5. The number of hydrazine groups is 1. The van der Waals surface area contributed by atoms with Gasteiger partial charge in [-0.3, -0.25) is 20.8 Å². The van der Waals surface area contributed by atoms with Gasteiger partial charge in [-0.05, 0) is 6.07 Å². The Hall–Kier alpha value is -1.92. The van der Waals surface area contributed by atoms with Crippen molar-refractivity contribution in [2.75, 3.05) is 0 Å². The van der Waals surface area contributed by atoms with Crippen molar-refractivity contribution >= 4 is 0 Å². The maximum absolute atomic E-state index is 13.5. The summed E-state index contributed by atoms with van der Waals surface area (Å²) in [6.45, 7) is 0. The van der Waals surface area contributed by atoms with E-state index in [-0.39, 0.29) is 0 Å². The lowest BCUT2D eigenvalue weighted by Crippen LogP contribution is -2.30. The van der Waals surface area contributed by atoms with Gasteiger partial charge in [0, 0.05) is 24.2 Å². The minimum absolute atomic E-state index is 0.387. The molecule has 82 valence electrons. The maximum Gasteiger partial charge on any atom is 0.146 e. The first-order chi connectivity index (χ1) is 7.83. The van der Waals surface area contributed by atoms with Crippen LogP contribution in [-0.2, 0) is 0 Å². The quantitative estimate of drug-likeness (QED) is 0.582. The molecular weight excluding hydrogens is 209 g/mol. The third kappa shape index (κ3) is 2.02. The third-order valence-electron chi connectivity index (χ3n) is 2.16. The molecule has 1 unspecified atom stereocenters. The molecular formula is C10H10FN5. The van der Waals surface area contributed by atoms with Crippen LogP contribution in [0.15, 0.2) is 37.1 Å². The van der Waals surface area contributed by atoms with Gasteiger partial charge < -0.3 is 0 Å². The lowest BCUT2D eigenvalue weighted by Gasteiger charge is -2.15. The van der Waals surface area contributed by atoms with Crippen molar-refractivity contribution in [3.8, 4) is 0 Å². The summed E-state index contributed by atoms with van der Waals surface area (Å²) in [6.07, 6.45) is 7.23. The van der Waals surface area contributed by atoms with Crippen LogP contribution in [0.3, 0.4) is 0 Å². The molecule has 0 aliphatic rings. The second kappa shape index (κ2) is 4.73. The van der Waals surface area contributed by atoms with Crippen molar-refractivity contribution in [1.82, 2.24) is 20.4 Å². The molecule has 0 radical (unpaired) electrons. The molecule has 2 aromatic heterocycles. The highest BCUT2D eigenvalue weighted by molar-refractivity contribution is 5.25. The van der Waals surface area contributed by atoms with Gasteiger partial charge in [-0.15, -0.1) is 0 Å². The van der Waals surface area contributed by atoms with E-state index in [1.165, 1.54) is 18.6 Å². The number of rotatable bonds is 3. The monoisotopic (exact) mass is 219 g/mol. The number of aromatic nitrogens is 3. The summed E-state index contributed by atoms with van der Waals surface area (Å²) >= 11 is 0. The molecule has 2 heterocycles. The number of nitrogens with two attached hydrogens (primary N) is 1. The second-order valence-corrected chi connectivity index (χ2v) is 3.13. The second-order valence-electron chi connectivity index (χ2n) is 3.13. The molecule has 0 amide bonds. The molecule has 5 nitrogen and oxygen atoms in total. The van der Waals surface area contributed by atoms with Crippen LogP contribution in [0.4, 0.5) is 4.39 Å². The number of nitrogens with one attached hydrogen (secondary N) is 1. The van der Waals surface area contributed by atoms with Gasteiger partial charge in [0.1, 0.15) is 5.82 Å². The molecule has 0 fully saturated rings. The molecule has 0 saturated carbocycles. The topological polar surface area (TPSA) is 76.7 Å². The number of nitrogens with zero attached hydrogens (tertiary/aromatic N) is 3. The summed E-state index contributed by atoms with van der Waals surface area (Å²) < 4.78 is 13.5. The van der Waals surface area contributed by atoms with Crippen LogP contribution in [0, 0.1) is 5.82 Å². The molecule has 0 saturated heterocycles. The minimum atomic E-state index is -0.531. The van der Waals surface area contributed by atoms with Crippen LogP contribution in [0.5, 0.6) is 0 Å². The largest absolute Gasteiger partial charge is 0.271 e. The van der Waals surface area contributed by atoms with E-state index in [0.717, 1.165) is 6.20 Å². The van der Waals surface area contributed by atoms with Crippen LogP contribution in [0.1, 0.15) is 17.3 Å². The summed E-state index contributed by atoms with van der Waals surface area (Å²) in [5, 5.41) is 0. The molecule has 0 aliphatic heterocycles. The van der Waals surface area contributed by atoms with E-state index in [0.29, 0.717) is 11.3 Å². The molecule has 0 spiro atoms. The third-order valence-corrected chi connectivity index (χ3v) is 2.16. The summed E-state index contributed by atoms with van der Waals surface area (Å²) in [7, 11) is 0. The fourth-order valence-corrected chi connectivity index (χ4v) is 1.41. The molecule has 1 atom stereocenters. The summed E-state index contributed by atoms with van der Waals surface area (Å²) in [4.78, 5) is 11.7. The first kappa shape index (κ1) is 10.6. The normalized spacial score (nSPS) is 12.4. The van der Waals surface area contributed by atoms with E-state index < -0.39 is 11.9 Å². The zero-order valence-electron chi connectivity index (χ0n) is 8.34. The number of halogens is 1. The van der Waals surface area contributed by atoms with Gasteiger partial charge in [0.05, 0.1) is 24.1 Å². The van der Waals surface area contributed by atoms with Crippen LogP contribution in [0.25, 0.3) is 0 Å². The van der Waals surface area contributed by atoms with Gasteiger partial charge in [-0.2, -0.15) is 0 Å². The fraction of sp³-hybridized carbons (Fsp3) is 0.100. The van der Waals surface area contributed by atoms with Crippen molar-refractivity contribution in [3.63, 3.8) is 0 Å². The molecule has 2 aromatic rings. The fourth-order valence-electron chi connectivity index (χ4n) is 1.41. The lowest BCUT2D eigenvalue weighted by atomic mass is 10.1. The Morgan fingerprint density at radius 3 is 2.62 bits per heavy atom. The van der Waals surface area contributed by atoms with Crippen LogP contribution < -0.4 is 11.3 Å². The van der Waals surface area contributed by atoms with E-state index in [1.54, 1.807) is 12.3 Å². The highest BCUT2D eigenvalue weighted by Crippen LogP contribution is 2.20. The molecule has 0 bridgehead atoms. The van der Waals surface area contributed by atoms with Gasteiger partial charge in [-0.1, -0.05) is 0 Å². The van der Waals surface area contributed by atoms with E-state index >= 15 is 0 Å². The van der Waals surface area contributed by atoms with E-state index in [1.807, 2.05) is 0 Å². The predicted molar refractivity (Wildman–Crippen MR) is 55.4 cm³/mol. The molecule has 3 N–H and O–H groups in total. The van der Waals surface area contributed by atoms with Crippen LogP contribution in [0.2, 0.25) is 0 Å². The summed E-state index contributed by atoms with van der Waals surface area (Å²) in [6, 6.07) is 1.02. The Labute approximate surface area is 91.5 Å². The van der Waals surface area contributed by atoms with Crippen molar-refractivity contribution in [2.45, 2.75) is 6.04 Å². The summed E-state index contributed by atoms with van der Waals surface area (Å²) in [5.41, 5.74) is 3.44. The van der Waals surface area contributed by atoms with Gasteiger partial charge in [0.25, 0.3) is 0 Å². The van der Waals surface area contributed by atoms with Crippen molar-refractivity contribution in [2.24, 2.45) is 5.84 Å². The first-order valence-electron chi connectivity index (χ1n) is 4.64. The highest BCUT2D eigenvalue weighted by Gasteiger charge is 2.17. The molecule has 6 heteroatoms. The summed E-state index contributed by atoms with van der Waals surface area (Å²) in [5.74, 6) is 4.97. The Balaban J connectivity index is 2.41. The van der Waals surface area contributed by atoms with Gasteiger partial charge >= 0.3 is 0 Å². The van der Waals surface area contributed by atoms with Crippen molar-refractivity contribution in [1.29, 1.82) is 0 Å². The standard InChI is InChI=1S/C10H10FN5/c11-8-5-13-2-1-7(8)10(16-12)9-6-14-3-4-15-9/h1-6,10,16H,12H2.